The van der Waals surface area contributed by atoms with E-state index in [-0.39, 0.29) is 19.0 Å². The number of hydrogen-bond acceptors (Lipinski definition) is 5. The minimum Gasteiger partial charge on any atom is -0.467 e. The molecule has 1 saturated heterocycles. The molecule has 2 aliphatic rings. The molecule has 0 bridgehead atoms. The van der Waals surface area contributed by atoms with Crippen LogP contribution in [0.2, 0.25) is 0 Å². The van der Waals surface area contributed by atoms with Crippen molar-refractivity contribution >= 4 is 11.9 Å². The number of carbonyl (C=O) groups excluding carboxylic acids is 2. The van der Waals surface area contributed by atoms with Crippen LogP contribution in [0.3, 0.4) is 0 Å². The summed E-state index contributed by atoms with van der Waals surface area (Å²) < 4.78 is 5.07. The summed E-state index contributed by atoms with van der Waals surface area (Å²) in [6.45, 7) is 1.39. The minimum atomic E-state index is -0.609. The third-order valence-electron chi connectivity index (χ3n) is 3.96. The molecule has 0 aromatic carbocycles. The summed E-state index contributed by atoms with van der Waals surface area (Å²) >= 11 is 0. The number of nitrogens with zero attached hydrogens (tertiary/aromatic N) is 1. The number of imide groups is 1. The number of nitrogens with one attached hydrogen (secondary N) is 2. The van der Waals surface area contributed by atoms with E-state index in [9.17, 15) is 14.7 Å². The van der Waals surface area contributed by atoms with Gasteiger partial charge in [-0.05, 0) is 30.9 Å². The van der Waals surface area contributed by atoms with E-state index in [2.05, 4.69) is 10.6 Å². The molecule has 1 aliphatic carbocycles. The highest BCUT2D eigenvalue weighted by molar-refractivity contribution is 5.95. The van der Waals surface area contributed by atoms with Crippen LogP contribution in [0.4, 0.5) is 4.79 Å². The summed E-state index contributed by atoms with van der Waals surface area (Å²) in [5.74, 6) is 0.646. The Labute approximate surface area is 122 Å². The lowest BCUT2D eigenvalue weighted by Crippen LogP contribution is -2.64. The maximum Gasteiger partial charge on any atom is 0.321 e. The van der Waals surface area contributed by atoms with Crippen molar-refractivity contribution < 1.29 is 19.1 Å². The monoisotopic (exact) mass is 293 g/mol. The molecule has 3 N–H and O–H groups in total. The molecule has 0 radical (unpaired) electrons. The summed E-state index contributed by atoms with van der Waals surface area (Å²) in [7, 11) is 0. The van der Waals surface area contributed by atoms with Crippen LogP contribution in [0.1, 0.15) is 18.6 Å². The second kappa shape index (κ2) is 5.50. The van der Waals surface area contributed by atoms with Gasteiger partial charge in [-0.15, -0.1) is 0 Å². The quantitative estimate of drug-likeness (QED) is 0.714. The van der Waals surface area contributed by atoms with Crippen molar-refractivity contribution in [3.63, 3.8) is 0 Å². The van der Waals surface area contributed by atoms with Gasteiger partial charge in [0.05, 0.1) is 25.0 Å². The van der Waals surface area contributed by atoms with Gasteiger partial charge in [-0.3, -0.25) is 15.0 Å². The van der Waals surface area contributed by atoms with Crippen molar-refractivity contribution in [2.45, 2.75) is 25.0 Å². The smallest absolute Gasteiger partial charge is 0.321 e. The normalized spacial score (nSPS) is 20.6. The number of furan rings is 1. The molecule has 3 rings (SSSR count). The molecule has 1 aromatic rings. The zero-order chi connectivity index (χ0) is 14.9. The minimum absolute atomic E-state index is 0.128. The zero-order valence-electron chi connectivity index (χ0n) is 11.7. The van der Waals surface area contributed by atoms with E-state index in [1.54, 1.807) is 12.1 Å². The second-order valence-corrected chi connectivity index (χ2v) is 5.83. The molecule has 7 nitrogen and oxygen atoms in total. The SMILES string of the molecule is O=C(CN1CC(O)(C2CC2)C1)NC(=O)NCc1ccco1. The van der Waals surface area contributed by atoms with Crippen LogP contribution in [0.15, 0.2) is 22.8 Å². The number of likely N-dealkylation sites (tertiary alicyclic amines) is 1. The summed E-state index contributed by atoms with van der Waals surface area (Å²) in [4.78, 5) is 25.1. The van der Waals surface area contributed by atoms with E-state index in [4.69, 9.17) is 4.42 Å². The number of urea groups is 1. The standard InChI is InChI=1S/C14H19N3O4/c18-12(7-17-8-14(20,9-17)10-3-4-10)16-13(19)15-6-11-2-1-5-21-11/h1-2,5,10,20H,3-4,6-9H2,(H2,15,16,18,19). The Kier molecular flexibility index (Phi) is 3.69. The highest BCUT2D eigenvalue weighted by Gasteiger charge is 2.51. The average Bonchev–Trinajstić information content (AvgIpc) is 3.12. The number of aliphatic hydroxyl groups is 1. The molecule has 114 valence electrons. The van der Waals surface area contributed by atoms with E-state index in [0.717, 1.165) is 12.8 Å². The third-order valence-corrected chi connectivity index (χ3v) is 3.96. The average molecular weight is 293 g/mol. The number of rotatable bonds is 5. The van der Waals surface area contributed by atoms with E-state index in [0.29, 0.717) is 24.8 Å². The Morgan fingerprint density at radius 2 is 2.19 bits per heavy atom. The number of amides is 3. The first-order valence-corrected chi connectivity index (χ1v) is 7.10. The van der Waals surface area contributed by atoms with Crippen molar-refractivity contribution in [1.82, 2.24) is 15.5 Å². The van der Waals surface area contributed by atoms with Crippen LogP contribution in [0.5, 0.6) is 0 Å². The van der Waals surface area contributed by atoms with Crippen LogP contribution in [0.25, 0.3) is 0 Å². The first kappa shape index (κ1) is 14.1. The second-order valence-electron chi connectivity index (χ2n) is 5.83. The zero-order valence-corrected chi connectivity index (χ0v) is 11.7. The molecule has 2 fully saturated rings. The molecular formula is C14H19N3O4. The lowest BCUT2D eigenvalue weighted by molar-refractivity contribution is -0.135. The summed E-state index contributed by atoms with van der Waals surface area (Å²) in [5.41, 5.74) is -0.609. The number of β-amino-alcohol motifs (C(OH)–C–C–N with tert-alkyl or cyclic N) is 1. The molecule has 7 heteroatoms. The van der Waals surface area contributed by atoms with Crippen molar-refractivity contribution in [2.75, 3.05) is 19.6 Å². The molecule has 1 saturated carbocycles. The van der Waals surface area contributed by atoms with Gasteiger partial charge in [-0.1, -0.05) is 0 Å². The lowest BCUT2D eigenvalue weighted by atomic mass is 9.89. The van der Waals surface area contributed by atoms with Gasteiger partial charge in [0.25, 0.3) is 0 Å². The highest BCUT2D eigenvalue weighted by Crippen LogP contribution is 2.44. The Morgan fingerprint density at radius 1 is 1.43 bits per heavy atom. The predicted molar refractivity (Wildman–Crippen MR) is 73.2 cm³/mol. The molecule has 0 atom stereocenters. The van der Waals surface area contributed by atoms with Gasteiger partial charge < -0.3 is 14.8 Å². The Hall–Kier alpha value is -1.86. The van der Waals surface area contributed by atoms with Gasteiger partial charge >= 0.3 is 6.03 Å². The van der Waals surface area contributed by atoms with Crippen LogP contribution < -0.4 is 10.6 Å². The lowest BCUT2D eigenvalue weighted by Gasteiger charge is -2.46. The first-order chi connectivity index (χ1) is 10.0. The highest BCUT2D eigenvalue weighted by atomic mass is 16.3. The van der Waals surface area contributed by atoms with Crippen molar-refractivity contribution in [3.05, 3.63) is 24.2 Å². The van der Waals surface area contributed by atoms with Crippen LogP contribution >= 0.6 is 0 Å². The van der Waals surface area contributed by atoms with Gasteiger partial charge in [0, 0.05) is 13.1 Å². The van der Waals surface area contributed by atoms with Gasteiger partial charge in [-0.2, -0.15) is 0 Å². The number of hydrogen-bond donors (Lipinski definition) is 3. The molecule has 0 unspecified atom stereocenters. The Bertz CT molecular complexity index is 518. The summed E-state index contributed by atoms with van der Waals surface area (Å²) in [6.07, 6.45) is 3.67. The van der Waals surface area contributed by atoms with Crippen molar-refractivity contribution in [1.29, 1.82) is 0 Å². The van der Waals surface area contributed by atoms with E-state index in [1.165, 1.54) is 6.26 Å². The molecule has 21 heavy (non-hydrogen) atoms. The molecule has 2 heterocycles. The molecular weight excluding hydrogens is 274 g/mol. The largest absolute Gasteiger partial charge is 0.467 e. The topological polar surface area (TPSA) is 94.8 Å². The van der Waals surface area contributed by atoms with Crippen molar-refractivity contribution in [2.24, 2.45) is 5.92 Å². The third kappa shape index (κ3) is 3.43. The van der Waals surface area contributed by atoms with Gasteiger partial charge in [0.2, 0.25) is 5.91 Å². The molecule has 0 spiro atoms. The number of carbonyl (C=O) groups is 2. The maximum atomic E-state index is 11.7. The first-order valence-electron chi connectivity index (χ1n) is 7.10. The summed E-state index contributed by atoms with van der Waals surface area (Å²) in [6, 6.07) is 2.92. The van der Waals surface area contributed by atoms with E-state index >= 15 is 0 Å². The van der Waals surface area contributed by atoms with Crippen LogP contribution in [0, 0.1) is 5.92 Å². The van der Waals surface area contributed by atoms with Crippen LogP contribution in [-0.2, 0) is 11.3 Å². The fourth-order valence-electron chi connectivity index (χ4n) is 2.71. The molecule has 3 amide bonds. The van der Waals surface area contributed by atoms with Crippen molar-refractivity contribution in [3.8, 4) is 0 Å². The van der Waals surface area contributed by atoms with E-state index < -0.39 is 11.6 Å². The fourth-order valence-corrected chi connectivity index (χ4v) is 2.71. The van der Waals surface area contributed by atoms with E-state index in [1.807, 2.05) is 4.90 Å². The van der Waals surface area contributed by atoms with Gasteiger partial charge in [0.15, 0.2) is 0 Å². The Balaban J connectivity index is 1.33. The maximum absolute atomic E-state index is 11.7. The fraction of sp³-hybridized carbons (Fsp3) is 0.571. The Morgan fingerprint density at radius 3 is 2.81 bits per heavy atom. The molecule has 1 aliphatic heterocycles. The van der Waals surface area contributed by atoms with Gasteiger partial charge in [-0.25, -0.2) is 4.79 Å². The van der Waals surface area contributed by atoms with Crippen LogP contribution in [-0.4, -0.2) is 47.2 Å². The van der Waals surface area contributed by atoms with Gasteiger partial charge in [0.1, 0.15) is 5.76 Å². The predicted octanol–water partition coefficient (Wildman–Crippen LogP) is 0.0621. The molecule has 1 aromatic heterocycles. The summed E-state index contributed by atoms with van der Waals surface area (Å²) in [5, 5.41) is 14.9.